The van der Waals surface area contributed by atoms with E-state index in [2.05, 4.69) is 10.3 Å². The van der Waals surface area contributed by atoms with Crippen molar-refractivity contribution in [3.8, 4) is 0 Å². The summed E-state index contributed by atoms with van der Waals surface area (Å²) in [6.07, 6.45) is 3.88. The number of rotatable bonds is 5. The minimum Gasteiger partial charge on any atom is -0.302 e. The number of aromatic nitrogens is 1. The van der Waals surface area contributed by atoms with Gasteiger partial charge >= 0.3 is 0 Å². The summed E-state index contributed by atoms with van der Waals surface area (Å²) >= 11 is 0.861. The zero-order valence-electron chi connectivity index (χ0n) is 12.3. The Balaban J connectivity index is 1.79. The molecule has 1 aromatic heterocycles. The first-order valence-corrected chi connectivity index (χ1v) is 9.44. The predicted octanol–water partition coefficient (Wildman–Crippen LogP) is 2.62. The van der Waals surface area contributed by atoms with Crippen molar-refractivity contribution < 1.29 is 18.1 Å². The number of carbonyl (C=O) groups is 1. The maximum absolute atomic E-state index is 12.5. The molecule has 0 unspecified atom stereocenters. The van der Waals surface area contributed by atoms with Gasteiger partial charge in [0.15, 0.2) is 5.13 Å². The minimum absolute atomic E-state index is 0.0244. The molecule has 3 rings (SSSR count). The summed E-state index contributed by atoms with van der Waals surface area (Å²) in [4.78, 5) is 25.8. The molecule has 24 heavy (non-hydrogen) atoms. The number of amides is 1. The lowest BCUT2D eigenvalue weighted by Gasteiger charge is -2.23. The quantitative estimate of drug-likeness (QED) is 0.641. The summed E-state index contributed by atoms with van der Waals surface area (Å²) in [5, 5.41) is 13.5. The number of nitro groups is 1. The minimum atomic E-state index is -3.83. The first kappa shape index (κ1) is 16.5. The van der Waals surface area contributed by atoms with Crippen molar-refractivity contribution >= 4 is 37.9 Å². The van der Waals surface area contributed by atoms with Gasteiger partial charge in [0.2, 0.25) is 15.7 Å². The molecule has 0 atom stereocenters. The van der Waals surface area contributed by atoms with Crippen LogP contribution >= 0.6 is 11.3 Å². The van der Waals surface area contributed by atoms with E-state index in [1.165, 1.54) is 18.3 Å². The van der Waals surface area contributed by atoms with Gasteiger partial charge in [-0.3, -0.25) is 14.9 Å². The molecule has 1 aliphatic rings. The second kappa shape index (κ2) is 6.29. The summed E-state index contributed by atoms with van der Waals surface area (Å²) in [6, 6.07) is 4.63. The maximum atomic E-state index is 12.5. The Morgan fingerprint density at radius 2 is 1.96 bits per heavy atom. The molecule has 0 spiro atoms. The van der Waals surface area contributed by atoms with E-state index in [-0.39, 0.29) is 31.7 Å². The number of sulfone groups is 1. The van der Waals surface area contributed by atoms with E-state index in [0.717, 1.165) is 42.7 Å². The van der Waals surface area contributed by atoms with Crippen LogP contribution in [0.1, 0.15) is 19.3 Å². The Morgan fingerprint density at radius 1 is 1.29 bits per heavy atom. The van der Waals surface area contributed by atoms with Crippen molar-refractivity contribution in [2.75, 3.05) is 5.32 Å². The van der Waals surface area contributed by atoms with Crippen molar-refractivity contribution in [2.24, 2.45) is 5.92 Å². The monoisotopic (exact) mass is 367 g/mol. The number of nitrogens with one attached hydrogen (secondary N) is 1. The smallest absolute Gasteiger partial charge is 0.269 e. The fourth-order valence-corrected chi connectivity index (χ4v) is 4.62. The molecule has 1 amide bonds. The van der Waals surface area contributed by atoms with Crippen LogP contribution < -0.4 is 5.32 Å². The van der Waals surface area contributed by atoms with Crippen molar-refractivity contribution in [3.63, 3.8) is 0 Å². The van der Waals surface area contributed by atoms with Gasteiger partial charge in [-0.15, -0.1) is 0 Å². The van der Waals surface area contributed by atoms with Gasteiger partial charge in [-0.1, -0.05) is 17.8 Å². The number of anilines is 1. The van der Waals surface area contributed by atoms with Crippen LogP contribution in [0.25, 0.3) is 0 Å². The molecule has 0 aliphatic heterocycles. The molecule has 1 fully saturated rings. The van der Waals surface area contributed by atoms with Crippen molar-refractivity contribution in [1.82, 2.24) is 4.98 Å². The third-order valence-electron chi connectivity index (χ3n) is 3.81. The van der Waals surface area contributed by atoms with E-state index in [1.807, 2.05) is 0 Å². The van der Waals surface area contributed by atoms with Gasteiger partial charge in [0, 0.05) is 18.1 Å². The summed E-state index contributed by atoms with van der Waals surface area (Å²) < 4.78 is 25.0. The number of carbonyl (C=O) groups excluding carboxylic acids is 1. The van der Waals surface area contributed by atoms with Crippen LogP contribution in [0, 0.1) is 16.0 Å². The number of benzene rings is 1. The first-order chi connectivity index (χ1) is 11.4. The average molecular weight is 367 g/mol. The fraction of sp³-hybridized carbons (Fsp3) is 0.286. The second-order valence-electron chi connectivity index (χ2n) is 5.36. The molecule has 8 nitrogen and oxygen atoms in total. The number of nitrogens with zero attached hydrogens (tertiary/aromatic N) is 2. The van der Waals surface area contributed by atoms with Gasteiger partial charge < -0.3 is 5.32 Å². The van der Waals surface area contributed by atoms with E-state index in [1.54, 1.807) is 0 Å². The Morgan fingerprint density at radius 3 is 2.50 bits per heavy atom. The van der Waals surface area contributed by atoms with Crippen molar-refractivity contribution in [2.45, 2.75) is 28.4 Å². The van der Waals surface area contributed by atoms with Gasteiger partial charge in [0.1, 0.15) is 4.21 Å². The summed E-state index contributed by atoms with van der Waals surface area (Å²) in [7, 11) is -3.83. The third kappa shape index (κ3) is 3.15. The average Bonchev–Trinajstić information content (AvgIpc) is 2.94. The molecule has 0 bridgehead atoms. The molecule has 126 valence electrons. The molecule has 1 saturated carbocycles. The van der Waals surface area contributed by atoms with Crippen LogP contribution in [0.15, 0.2) is 39.6 Å². The normalized spacial score (nSPS) is 14.8. The predicted molar refractivity (Wildman–Crippen MR) is 86.6 cm³/mol. The Labute approximate surface area is 141 Å². The van der Waals surface area contributed by atoms with Crippen molar-refractivity contribution in [1.29, 1.82) is 0 Å². The molecule has 1 aromatic carbocycles. The molecule has 1 N–H and O–H groups in total. The van der Waals surface area contributed by atoms with Gasteiger partial charge in [-0.05, 0) is 25.0 Å². The van der Waals surface area contributed by atoms with Gasteiger partial charge in [0.25, 0.3) is 5.69 Å². The largest absolute Gasteiger partial charge is 0.302 e. The SMILES string of the molecule is O=C(Nc1ncc(S(=O)(=O)c2ccc([N+](=O)[O-])cc2)s1)C1CCC1. The lowest BCUT2D eigenvalue weighted by Crippen LogP contribution is -2.27. The molecule has 2 aromatic rings. The standard InChI is InChI=1S/C14H13N3O5S2/c18-13(9-2-1-3-9)16-14-15-8-12(23-14)24(21,22)11-6-4-10(5-7-11)17(19)20/h4-9H,1-3H2,(H,15,16,18). The Hall–Kier alpha value is -2.33. The van der Waals surface area contributed by atoms with E-state index >= 15 is 0 Å². The summed E-state index contributed by atoms with van der Waals surface area (Å²) in [5.74, 6) is -0.168. The highest BCUT2D eigenvalue weighted by Gasteiger charge is 2.27. The molecule has 0 radical (unpaired) electrons. The number of hydrogen-bond donors (Lipinski definition) is 1. The molecule has 1 heterocycles. The van der Waals surface area contributed by atoms with E-state index in [9.17, 15) is 23.3 Å². The molecule has 0 saturated heterocycles. The van der Waals surface area contributed by atoms with E-state index in [4.69, 9.17) is 0 Å². The zero-order chi connectivity index (χ0) is 17.3. The van der Waals surface area contributed by atoms with Crippen LogP contribution in [-0.4, -0.2) is 24.2 Å². The fourth-order valence-electron chi connectivity index (χ4n) is 2.18. The molecular weight excluding hydrogens is 354 g/mol. The zero-order valence-corrected chi connectivity index (χ0v) is 14.0. The van der Waals surface area contributed by atoms with E-state index < -0.39 is 14.8 Å². The van der Waals surface area contributed by atoms with Crippen LogP contribution in [0.3, 0.4) is 0 Å². The van der Waals surface area contributed by atoms with Gasteiger partial charge in [0.05, 0.1) is 16.0 Å². The second-order valence-corrected chi connectivity index (χ2v) is 8.56. The van der Waals surface area contributed by atoms with Crippen LogP contribution in [0.2, 0.25) is 0 Å². The van der Waals surface area contributed by atoms with Crippen LogP contribution in [0.4, 0.5) is 10.8 Å². The molecule has 10 heteroatoms. The van der Waals surface area contributed by atoms with Crippen LogP contribution in [-0.2, 0) is 14.6 Å². The van der Waals surface area contributed by atoms with Crippen LogP contribution in [0.5, 0.6) is 0 Å². The number of hydrogen-bond acceptors (Lipinski definition) is 7. The number of non-ortho nitro benzene ring substituents is 1. The summed E-state index contributed by atoms with van der Waals surface area (Å²) in [6.45, 7) is 0. The van der Waals surface area contributed by atoms with E-state index in [0.29, 0.717) is 0 Å². The Kier molecular flexibility index (Phi) is 4.33. The number of nitro benzene ring substituents is 1. The number of thiazole rings is 1. The highest BCUT2D eigenvalue weighted by atomic mass is 32.2. The molecular formula is C14H13N3O5S2. The molecule has 1 aliphatic carbocycles. The van der Waals surface area contributed by atoms with Crippen molar-refractivity contribution in [3.05, 3.63) is 40.6 Å². The lowest BCUT2D eigenvalue weighted by molar-refractivity contribution is -0.384. The Bertz CT molecular complexity index is 885. The lowest BCUT2D eigenvalue weighted by atomic mass is 9.85. The highest BCUT2D eigenvalue weighted by Crippen LogP contribution is 2.31. The van der Waals surface area contributed by atoms with Gasteiger partial charge in [-0.25, -0.2) is 13.4 Å². The van der Waals surface area contributed by atoms with Gasteiger partial charge in [-0.2, -0.15) is 0 Å². The first-order valence-electron chi connectivity index (χ1n) is 7.14. The topological polar surface area (TPSA) is 119 Å². The maximum Gasteiger partial charge on any atom is 0.269 e. The third-order valence-corrected chi connectivity index (χ3v) is 6.96. The summed E-state index contributed by atoms with van der Waals surface area (Å²) in [5.41, 5.74) is -0.188. The highest BCUT2D eigenvalue weighted by molar-refractivity contribution is 7.93.